The highest BCUT2D eigenvalue weighted by Gasteiger charge is 2.34. The van der Waals surface area contributed by atoms with Crippen LogP contribution in [0.25, 0.3) is 11.6 Å². The largest absolute Gasteiger partial charge is 0.316 e. The van der Waals surface area contributed by atoms with Crippen LogP contribution in [0, 0.1) is 11.8 Å². The molecule has 1 aromatic rings. The van der Waals surface area contributed by atoms with Gasteiger partial charge in [-0.3, -0.25) is 4.98 Å². The number of nitrogens with one attached hydrogen (secondary N) is 1. The molecule has 1 aliphatic heterocycles. The van der Waals surface area contributed by atoms with Gasteiger partial charge in [-0.15, -0.1) is 0 Å². The fourth-order valence-electron chi connectivity index (χ4n) is 2.83. The summed E-state index contributed by atoms with van der Waals surface area (Å²) in [5.41, 5.74) is 3.85. The number of hydrogen-bond acceptors (Lipinski definition) is 2. The van der Waals surface area contributed by atoms with Crippen LogP contribution in [0.1, 0.15) is 17.5 Å². The summed E-state index contributed by atoms with van der Waals surface area (Å²) in [4.78, 5) is 4.28. The van der Waals surface area contributed by atoms with Crippen molar-refractivity contribution < 1.29 is 0 Å². The number of allylic oxidation sites excluding steroid dienone is 1. The van der Waals surface area contributed by atoms with Crippen molar-refractivity contribution in [2.45, 2.75) is 6.42 Å². The zero-order valence-electron chi connectivity index (χ0n) is 9.32. The highest BCUT2D eigenvalue weighted by molar-refractivity contribution is 5.71. The second kappa shape index (κ2) is 3.87. The lowest BCUT2D eigenvalue weighted by atomic mass is 9.91. The maximum absolute atomic E-state index is 4.28. The van der Waals surface area contributed by atoms with Gasteiger partial charge in [0.15, 0.2) is 0 Å². The second-order valence-electron chi connectivity index (χ2n) is 4.63. The van der Waals surface area contributed by atoms with Gasteiger partial charge in [0.2, 0.25) is 0 Å². The summed E-state index contributed by atoms with van der Waals surface area (Å²) in [5.74, 6) is 1.50. The van der Waals surface area contributed by atoms with Crippen LogP contribution in [0.2, 0.25) is 0 Å². The standard InChI is InChI=1S/C14H16N2/c1-2-10-5-12(8-15-6-10)13-4-3-11-7-16-9-14(11)13/h2,4-6,8,11,14,16H,1,3,7,9H2. The first kappa shape index (κ1) is 9.79. The van der Waals surface area contributed by atoms with E-state index in [1.54, 1.807) is 0 Å². The summed E-state index contributed by atoms with van der Waals surface area (Å²) in [7, 11) is 0. The Bertz CT molecular complexity index is 448. The molecule has 1 saturated heterocycles. The Morgan fingerprint density at radius 1 is 1.38 bits per heavy atom. The van der Waals surface area contributed by atoms with Crippen LogP contribution >= 0.6 is 0 Å². The molecule has 0 aromatic carbocycles. The molecular formula is C14H16N2. The number of pyridine rings is 1. The van der Waals surface area contributed by atoms with Gasteiger partial charge in [-0.1, -0.05) is 18.7 Å². The monoisotopic (exact) mass is 212 g/mol. The summed E-state index contributed by atoms with van der Waals surface area (Å²) in [6.45, 7) is 6.08. The van der Waals surface area contributed by atoms with Crippen molar-refractivity contribution in [2.24, 2.45) is 11.8 Å². The van der Waals surface area contributed by atoms with Crippen molar-refractivity contribution in [2.75, 3.05) is 13.1 Å². The lowest BCUT2D eigenvalue weighted by Crippen LogP contribution is -2.10. The predicted molar refractivity (Wildman–Crippen MR) is 66.8 cm³/mol. The summed E-state index contributed by atoms with van der Waals surface area (Å²) >= 11 is 0. The first-order chi connectivity index (χ1) is 7.88. The maximum atomic E-state index is 4.28. The molecule has 0 amide bonds. The molecule has 82 valence electrons. The van der Waals surface area contributed by atoms with E-state index in [1.807, 2.05) is 18.5 Å². The van der Waals surface area contributed by atoms with Crippen LogP contribution in [0.5, 0.6) is 0 Å². The molecule has 2 heterocycles. The minimum Gasteiger partial charge on any atom is -0.316 e. The van der Waals surface area contributed by atoms with Gasteiger partial charge in [0, 0.05) is 24.9 Å². The summed E-state index contributed by atoms with van der Waals surface area (Å²) in [5, 5.41) is 3.47. The Hall–Kier alpha value is -1.41. The molecule has 2 nitrogen and oxygen atoms in total. The number of nitrogens with zero attached hydrogens (tertiary/aromatic N) is 1. The molecule has 2 aliphatic rings. The molecule has 0 bridgehead atoms. The lowest BCUT2D eigenvalue weighted by Gasteiger charge is -2.13. The average Bonchev–Trinajstić information content (AvgIpc) is 2.90. The van der Waals surface area contributed by atoms with Gasteiger partial charge in [-0.2, -0.15) is 0 Å². The van der Waals surface area contributed by atoms with Gasteiger partial charge in [0.25, 0.3) is 0 Å². The zero-order valence-corrected chi connectivity index (χ0v) is 9.32. The van der Waals surface area contributed by atoms with E-state index in [0.717, 1.165) is 18.0 Å². The highest BCUT2D eigenvalue weighted by atomic mass is 14.9. The van der Waals surface area contributed by atoms with E-state index < -0.39 is 0 Å². The van der Waals surface area contributed by atoms with E-state index in [4.69, 9.17) is 0 Å². The van der Waals surface area contributed by atoms with Crippen molar-refractivity contribution in [1.82, 2.24) is 10.3 Å². The molecule has 3 rings (SSSR count). The van der Waals surface area contributed by atoms with Crippen LogP contribution < -0.4 is 5.32 Å². The van der Waals surface area contributed by atoms with Crippen molar-refractivity contribution in [3.63, 3.8) is 0 Å². The van der Waals surface area contributed by atoms with Gasteiger partial charge in [0.1, 0.15) is 0 Å². The first-order valence-electron chi connectivity index (χ1n) is 5.87. The van der Waals surface area contributed by atoms with Crippen molar-refractivity contribution >= 4 is 11.6 Å². The molecule has 0 radical (unpaired) electrons. The van der Waals surface area contributed by atoms with Crippen LogP contribution in [0.3, 0.4) is 0 Å². The second-order valence-corrected chi connectivity index (χ2v) is 4.63. The Morgan fingerprint density at radius 3 is 3.19 bits per heavy atom. The van der Waals surface area contributed by atoms with Crippen molar-refractivity contribution in [3.05, 3.63) is 42.2 Å². The predicted octanol–water partition coefficient (Wildman–Crippen LogP) is 2.35. The molecule has 2 unspecified atom stereocenters. The van der Waals surface area contributed by atoms with E-state index in [1.165, 1.54) is 24.1 Å². The van der Waals surface area contributed by atoms with Gasteiger partial charge in [-0.05, 0) is 41.6 Å². The molecule has 16 heavy (non-hydrogen) atoms. The van der Waals surface area contributed by atoms with Crippen LogP contribution in [-0.4, -0.2) is 18.1 Å². The van der Waals surface area contributed by atoms with Crippen LogP contribution in [0.15, 0.2) is 31.1 Å². The van der Waals surface area contributed by atoms with Crippen molar-refractivity contribution in [3.8, 4) is 0 Å². The summed E-state index contributed by atoms with van der Waals surface area (Å²) in [6.07, 6.45) is 9.29. The smallest absolute Gasteiger partial charge is 0.0343 e. The number of aromatic nitrogens is 1. The van der Waals surface area contributed by atoms with E-state index >= 15 is 0 Å². The van der Waals surface area contributed by atoms with Crippen LogP contribution in [0.4, 0.5) is 0 Å². The molecule has 1 N–H and O–H groups in total. The van der Waals surface area contributed by atoms with Crippen LogP contribution in [-0.2, 0) is 0 Å². The molecule has 2 atom stereocenters. The molecule has 0 saturated carbocycles. The third-order valence-corrected chi connectivity index (χ3v) is 3.71. The van der Waals surface area contributed by atoms with E-state index in [9.17, 15) is 0 Å². The molecule has 1 aromatic heterocycles. The van der Waals surface area contributed by atoms with Gasteiger partial charge < -0.3 is 5.32 Å². The van der Waals surface area contributed by atoms with E-state index in [2.05, 4.69) is 29.0 Å². The minimum absolute atomic E-state index is 0.696. The fraction of sp³-hybridized carbons (Fsp3) is 0.357. The Kier molecular flexibility index (Phi) is 2.37. The Labute approximate surface area is 96.1 Å². The Morgan fingerprint density at radius 2 is 2.31 bits per heavy atom. The van der Waals surface area contributed by atoms with E-state index in [-0.39, 0.29) is 0 Å². The minimum atomic E-state index is 0.696. The summed E-state index contributed by atoms with van der Waals surface area (Å²) in [6, 6.07) is 2.19. The maximum Gasteiger partial charge on any atom is 0.0343 e. The third-order valence-electron chi connectivity index (χ3n) is 3.71. The Balaban J connectivity index is 1.94. The van der Waals surface area contributed by atoms with Gasteiger partial charge >= 0.3 is 0 Å². The molecular weight excluding hydrogens is 196 g/mol. The quantitative estimate of drug-likeness (QED) is 0.814. The SMILES string of the molecule is C=Cc1cncc(C2=CCC3CNCC23)c1. The van der Waals surface area contributed by atoms with Gasteiger partial charge in [-0.25, -0.2) is 0 Å². The zero-order chi connectivity index (χ0) is 11.0. The number of fused-ring (bicyclic) bond motifs is 1. The van der Waals surface area contributed by atoms with Gasteiger partial charge in [0.05, 0.1) is 0 Å². The first-order valence-corrected chi connectivity index (χ1v) is 5.87. The normalized spacial score (nSPS) is 27.6. The topological polar surface area (TPSA) is 24.9 Å². The molecule has 1 aliphatic carbocycles. The molecule has 1 fully saturated rings. The average molecular weight is 212 g/mol. The fourth-order valence-corrected chi connectivity index (χ4v) is 2.83. The van der Waals surface area contributed by atoms with Crippen molar-refractivity contribution in [1.29, 1.82) is 0 Å². The molecule has 2 heteroatoms. The number of hydrogen-bond donors (Lipinski definition) is 1. The highest BCUT2D eigenvalue weighted by Crippen LogP contribution is 2.39. The lowest BCUT2D eigenvalue weighted by molar-refractivity contribution is 0.542. The number of rotatable bonds is 2. The molecule has 0 spiro atoms. The van der Waals surface area contributed by atoms with E-state index in [0.29, 0.717) is 5.92 Å². The third kappa shape index (κ3) is 1.50. The summed E-state index contributed by atoms with van der Waals surface area (Å²) < 4.78 is 0.